The van der Waals surface area contributed by atoms with Crippen LogP contribution in [-0.2, 0) is 12.8 Å². The summed E-state index contributed by atoms with van der Waals surface area (Å²) < 4.78 is 14.8. The molecule has 2 N–H and O–H groups in total. The van der Waals surface area contributed by atoms with Gasteiger partial charge in [0.05, 0.1) is 5.69 Å². The molecule has 0 saturated heterocycles. The minimum Gasteiger partial charge on any atom is -0.327 e. The lowest BCUT2D eigenvalue weighted by atomic mass is 9.92. The predicted molar refractivity (Wildman–Crippen MR) is 98.4 cm³/mol. The van der Waals surface area contributed by atoms with Crippen LogP contribution in [0.25, 0.3) is 17.1 Å². The van der Waals surface area contributed by atoms with Crippen LogP contribution in [0.1, 0.15) is 24.0 Å². The summed E-state index contributed by atoms with van der Waals surface area (Å²) >= 11 is 0. The van der Waals surface area contributed by atoms with E-state index in [1.807, 2.05) is 0 Å². The summed E-state index contributed by atoms with van der Waals surface area (Å²) in [6.07, 6.45) is 6.32. The number of benzene rings is 2. The van der Waals surface area contributed by atoms with Gasteiger partial charge in [-0.25, -0.2) is 14.1 Å². The van der Waals surface area contributed by atoms with Gasteiger partial charge < -0.3 is 5.73 Å². The lowest BCUT2D eigenvalue weighted by Crippen LogP contribution is -2.31. The van der Waals surface area contributed by atoms with Crippen LogP contribution in [0.5, 0.6) is 0 Å². The van der Waals surface area contributed by atoms with Crippen LogP contribution in [0.2, 0.25) is 0 Å². The molecule has 3 aromatic rings. The molecule has 2 bridgehead atoms. The van der Waals surface area contributed by atoms with Crippen molar-refractivity contribution in [2.45, 2.75) is 31.7 Å². The third kappa shape index (κ3) is 2.63. The normalized spacial score (nSPS) is 24.3. The molecule has 132 valence electrons. The highest BCUT2D eigenvalue weighted by molar-refractivity contribution is 5.57. The van der Waals surface area contributed by atoms with Crippen LogP contribution in [0, 0.1) is 17.7 Å². The molecule has 5 rings (SSSR count). The van der Waals surface area contributed by atoms with E-state index in [1.165, 1.54) is 36.1 Å². The summed E-state index contributed by atoms with van der Waals surface area (Å²) in [5.74, 6) is 1.66. The van der Waals surface area contributed by atoms with Crippen molar-refractivity contribution in [1.29, 1.82) is 0 Å². The summed E-state index contributed by atoms with van der Waals surface area (Å²) in [7, 11) is 0. The van der Waals surface area contributed by atoms with E-state index in [0.717, 1.165) is 24.1 Å². The first kappa shape index (κ1) is 15.7. The van der Waals surface area contributed by atoms with Gasteiger partial charge in [0, 0.05) is 11.6 Å². The molecule has 1 aromatic heterocycles. The number of nitrogens with zero attached hydrogens (tertiary/aromatic N) is 3. The fourth-order valence-corrected chi connectivity index (χ4v) is 4.51. The maximum atomic E-state index is 13.1. The second kappa shape index (κ2) is 6.02. The van der Waals surface area contributed by atoms with Gasteiger partial charge in [-0.1, -0.05) is 12.1 Å². The molecule has 1 saturated carbocycles. The Balaban J connectivity index is 1.47. The molecule has 5 heteroatoms. The summed E-state index contributed by atoms with van der Waals surface area (Å²) in [6, 6.07) is 13.1. The standard InChI is InChI=1S/C21H21FN4/c22-18-5-7-19(8-6-18)26-12-24-21(25-26)16-4-1-13-9-14-2-3-15(20(14)23)10-17(13)11-16/h1,4-8,11-12,14-15,20H,2-3,9-10,23H2/t14-,15+,20-/m1/s1. The average Bonchev–Trinajstić information content (AvgIpc) is 3.21. The van der Waals surface area contributed by atoms with Gasteiger partial charge in [0.15, 0.2) is 5.82 Å². The molecule has 2 aliphatic rings. The second-order valence-electron chi connectivity index (χ2n) is 7.56. The van der Waals surface area contributed by atoms with E-state index in [0.29, 0.717) is 23.7 Å². The van der Waals surface area contributed by atoms with Gasteiger partial charge in [-0.15, -0.1) is 5.10 Å². The van der Waals surface area contributed by atoms with Crippen molar-refractivity contribution >= 4 is 0 Å². The molecule has 4 nitrogen and oxygen atoms in total. The van der Waals surface area contributed by atoms with Gasteiger partial charge in [-0.2, -0.15) is 0 Å². The Kier molecular flexibility index (Phi) is 3.64. The second-order valence-corrected chi connectivity index (χ2v) is 7.56. The van der Waals surface area contributed by atoms with Crippen LogP contribution >= 0.6 is 0 Å². The quantitative estimate of drug-likeness (QED) is 0.771. The van der Waals surface area contributed by atoms with Gasteiger partial charge in [0.2, 0.25) is 0 Å². The van der Waals surface area contributed by atoms with Gasteiger partial charge in [0.1, 0.15) is 12.1 Å². The molecule has 0 unspecified atom stereocenters. The number of hydrogen-bond acceptors (Lipinski definition) is 3. The number of fused-ring (bicyclic) bond motifs is 3. The summed E-state index contributed by atoms with van der Waals surface area (Å²) in [5, 5.41) is 4.57. The van der Waals surface area contributed by atoms with E-state index in [-0.39, 0.29) is 5.82 Å². The van der Waals surface area contributed by atoms with Crippen molar-refractivity contribution in [3.05, 3.63) is 65.7 Å². The van der Waals surface area contributed by atoms with Crippen LogP contribution in [0.3, 0.4) is 0 Å². The molecule has 26 heavy (non-hydrogen) atoms. The summed E-state index contributed by atoms with van der Waals surface area (Å²) in [5.41, 5.74) is 11.1. The van der Waals surface area contributed by atoms with E-state index in [1.54, 1.807) is 23.1 Å². The molecule has 3 atom stereocenters. The first-order valence-electron chi connectivity index (χ1n) is 9.23. The van der Waals surface area contributed by atoms with Crippen LogP contribution < -0.4 is 5.73 Å². The first-order valence-corrected chi connectivity index (χ1v) is 9.23. The smallest absolute Gasteiger partial charge is 0.181 e. The third-order valence-electron chi connectivity index (χ3n) is 6.01. The van der Waals surface area contributed by atoms with Crippen molar-refractivity contribution < 1.29 is 4.39 Å². The Labute approximate surface area is 151 Å². The predicted octanol–water partition coefficient (Wildman–Crippen LogP) is 3.53. The van der Waals surface area contributed by atoms with E-state index in [9.17, 15) is 4.39 Å². The fraction of sp³-hybridized carbons (Fsp3) is 0.333. The number of aromatic nitrogens is 3. The summed E-state index contributed by atoms with van der Waals surface area (Å²) in [6.45, 7) is 0. The van der Waals surface area contributed by atoms with Gasteiger partial charge >= 0.3 is 0 Å². The van der Waals surface area contributed by atoms with Crippen LogP contribution in [0.15, 0.2) is 48.8 Å². The highest BCUT2D eigenvalue weighted by Gasteiger charge is 2.36. The minimum absolute atomic E-state index is 0.257. The minimum atomic E-state index is -0.257. The van der Waals surface area contributed by atoms with E-state index >= 15 is 0 Å². The fourth-order valence-electron chi connectivity index (χ4n) is 4.51. The Morgan fingerprint density at radius 3 is 2.46 bits per heavy atom. The molecule has 2 aromatic carbocycles. The Morgan fingerprint density at radius 2 is 1.69 bits per heavy atom. The van der Waals surface area contributed by atoms with Crippen molar-refractivity contribution in [1.82, 2.24) is 14.8 Å². The topological polar surface area (TPSA) is 56.7 Å². The van der Waals surface area contributed by atoms with Crippen LogP contribution in [-0.4, -0.2) is 20.8 Å². The van der Waals surface area contributed by atoms with Crippen LogP contribution in [0.4, 0.5) is 4.39 Å². The maximum Gasteiger partial charge on any atom is 0.181 e. The molecule has 0 spiro atoms. The van der Waals surface area contributed by atoms with E-state index < -0.39 is 0 Å². The van der Waals surface area contributed by atoms with Crippen molar-refractivity contribution in [2.75, 3.05) is 0 Å². The molecule has 2 aliphatic carbocycles. The van der Waals surface area contributed by atoms with Gasteiger partial charge in [-0.05, 0) is 79.0 Å². The zero-order valence-electron chi connectivity index (χ0n) is 14.5. The Hall–Kier alpha value is -2.53. The molecular formula is C21H21FN4. The molecule has 0 amide bonds. The van der Waals surface area contributed by atoms with Gasteiger partial charge in [-0.3, -0.25) is 0 Å². The third-order valence-corrected chi connectivity index (χ3v) is 6.01. The van der Waals surface area contributed by atoms with Crippen molar-refractivity contribution in [3.63, 3.8) is 0 Å². The Morgan fingerprint density at radius 1 is 0.962 bits per heavy atom. The van der Waals surface area contributed by atoms with E-state index in [4.69, 9.17) is 5.73 Å². The van der Waals surface area contributed by atoms with Gasteiger partial charge in [0.25, 0.3) is 0 Å². The lowest BCUT2D eigenvalue weighted by Gasteiger charge is -2.15. The SMILES string of the molecule is N[C@@H]1[C@@H]2CC[C@H]1Cc1cc(-c3ncn(-c4ccc(F)cc4)n3)ccc1C2. The Bertz CT molecular complexity index is 947. The zero-order valence-corrected chi connectivity index (χ0v) is 14.5. The largest absolute Gasteiger partial charge is 0.327 e. The monoisotopic (exact) mass is 348 g/mol. The van der Waals surface area contributed by atoms with Crippen molar-refractivity contribution in [3.8, 4) is 17.1 Å². The van der Waals surface area contributed by atoms with E-state index in [2.05, 4.69) is 28.3 Å². The number of nitrogens with two attached hydrogens (primary N) is 1. The lowest BCUT2D eigenvalue weighted by molar-refractivity contribution is 0.421. The molecule has 1 heterocycles. The maximum absolute atomic E-state index is 13.1. The number of hydrogen-bond donors (Lipinski definition) is 1. The van der Waals surface area contributed by atoms with Crippen molar-refractivity contribution in [2.24, 2.45) is 17.6 Å². The number of rotatable bonds is 2. The molecule has 0 aliphatic heterocycles. The highest BCUT2D eigenvalue weighted by Crippen LogP contribution is 2.39. The highest BCUT2D eigenvalue weighted by atomic mass is 19.1. The zero-order chi connectivity index (χ0) is 17.7. The molecule has 0 radical (unpaired) electrons. The first-order chi connectivity index (χ1) is 12.7. The average molecular weight is 348 g/mol. The molecule has 1 fully saturated rings. The summed E-state index contributed by atoms with van der Waals surface area (Å²) in [4.78, 5) is 4.45. The molecular weight excluding hydrogens is 327 g/mol. The number of halogens is 1.